The fourth-order valence-electron chi connectivity index (χ4n) is 2.61. The molecule has 0 aliphatic carbocycles. The third-order valence-electron chi connectivity index (χ3n) is 3.88. The number of rotatable bonds is 6. The molecule has 2 amide bonds. The summed E-state index contributed by atoms with van der Waals surface area (Å²) in [5.41, 5.74) is 5.50. The van der Waals surface area contributed by atoms with E-state index in [2.05, 4.69) is 5.32 Å². The van der Waals surface area contributed by atoms with Gasteiger partial charge in [-0.1, -0.05) is 6.07 Å². The van der Waals surface area contributed by atoms with Crippen LogP contribution in [0.15, 0.2) is 18.2 Å². The summed E-state index contributed by atoms with van der Waals surface area (Å²) in [6, 6.07) is 4.13. The lowest BCUT2D eigenvalue weighted by molar-refractivity contribution is -0.385. The highest BCUT2D eigenvalue weighted by Crippen LogP contribution is 2.21. The zero-order valence-corrected chi connectivity index (χ0v) is 13.5. The molecule has 24 heavy (non-hydrogen) atoms. The Morgan fingerprint density at radius 3 is 2.62 bits per heavy atom. The van der Waals surface area contributed by atoms with Crippen LogP contribution < -0.4 is 11.1 Å². The molecule has 0 unspecified atom stereocenters. The first-order valence-corrected chi connectivity index (χ1v) is 7.62. The van der Waals surface area contributed by atoms with Gasteiger partial charge in [-0.15, -0.1) is 0 Å². The third-order valence-corrected chi connectivity index (χ3v) is 3.88. The number of nitro benzene ring substituents is 1. The summed E-state index contributed by atoms with van der Waals surface area (Å²) in [7, 11) is 1.73. The van der Waals surface area contributed by atoms with Crippen molar-refractivity contribution in [3.63, 3.8) is 0 Å². The van der Waals surface area contributed by atoms with Crippen LogP contribution in [0.3, 0.4) is 0 Å². The first-order chi connectivity index (χ1) is 11.4. The van der Waals surface area contributed by atoms with Gasteiger partial charge in [0.2, 0.25) is 11.8 Å². The molecule has 1 aliphatic rings. The number of carbonyl (C=O) groups excluding carboxylic acids is 2. The fraction of sp³-hybridized carbons (Fsp3) is 0.467. The Bertz CT molecular complexity index is 643. The molecule has 3 N–H and O–H groups in total. The number of nitrogens with two attached hydrogens (primary N) is 1. The van der Waals surface area contributed by atoms with E-state index in [1.807, 2.05) is 0 Å². The number of nitro groups is 1. The van der Waals surface area contributed by atoms with Crippen LogP contribution in [0.5, 0.6) is 0 Å². The van der Waals surface area contributed by atoms with E-state index in [-0.39, 0.29) is 30.2 Å². The quantitative estimate of drug-likeness (QED) is 0.537. The van der Waals surface area contributed by atoms with Crippen LogP contribution in [0.4, 0.5) is 5.69 Å². The molecule has 1 fully saturated rings. The predicted molar refractivity (Wildman–Crippen MR) is 87.4 cm³/mol. The van der Waals surface area contributed by atoms with E-state index in [4.69, 9.17) is 5.73 Å². The van der Waals surface area contributed by atoms with Crippen LogP contribution in [0.2, 0.25) is 0 Å². The summed E-state index contributed by atoms with van der Waals surface area (Å²) in [5, 5.41) is 14.4. The zero-order chi connectivity index (χ0) is 17.7. The number of carbonyl (C=O) groups is 2. The summed E-state index contributed by atoms with van der Waals surface area (Å²) in [6.45, 7) is 3.28. The van der Waals surface area contributed by atoms with Crippen molar-refractivity contribution in [2.45, 2.75) is 6.54 Å². The van der Waals surface area contributed by atoms with Gasteiger partial charge in [0.1, 0.15) is 0 Å². The molecule has 1 heterocycles. The topological polar surface area (TPSA) is 122 Å². The monoisotopic (exact) mass is 335 g/mol. The Kier molecular flexibility index (Phi) is 5.83. The van der Waals surface area contributed by atoms with E-state index in [0.717, 1.165) is 13.1 Å². The van der Waals surface area contributed by atoms with E-state index in [0.29, 0.717) is 18.7 Å². The van der Waals surface area contributed by atoms with Gasteiger partial charge in [-0.2, -0.15) is 0 Å². The smallest absolute Gasteiger partial charge is 0.274 e. The van der Waals surface area contributed by atoms with Gasteiger partial charge in [-0.3, -0.25) is 24.6 Å². The zero-order valence-electron chi connectivity index (χ0n) is 13.5. The minimum Gasteiger partial charge on any atom is -0.366 e. The summed E-state index contributed by atoms with van der Waals surface area (Å²) in [4.78, 5) is 37.5. The van der Waals surface area contributed by atoms with Crippen molar-refractivity contribution in [3.05, 3.63) is 39.4 Å². The Morgan fingerprint density at radius 1 is 1.38 bits per heavy atom. The molecule has 2 rings (SSSR count). The molecule has 1 aromatic carbocycles. The molecule has 0 saturated carbocycles. The highest BCUT2D eigenvalue weighted by atomic mass is 16.6. The molecule has 9 heteroatoms. The maximum atomic E-state index is 12.2. The number of hydrogen-bond acceptors (Lipinski definition) is 6. The van der Waals surface area contributed by atoms with Gasteiger partial charge in [0.05, 0.1) is 11.5 Å². The van der Waals surface area contributed by atoms with Crippen LogP contribution in [-0.4, -0.2) is 66.3 Å². The standard InChI is InChI=1S/C15H21N5O4/c1-18(10-14(21)19-6-4-17-5-7-19)9-12-3-2-11(15(16)22)8-13(12)20(23)24/h2-3,8,17H,4-7,9-10H2,1H3,(H2,16,22). The first-order valence-electron chi connectivity index (χ1n) is 7.62. The number of benzene rings is 1. The number of piperazine rings is 1. The Labute approximate surface area is 139 Å². The molecule has 0 bridgehead atoms. The van der Waals surface area contributed by atoms with Crippen molar-refractivity contribution >= 4 is 17.5 Å². The van der Waals surface area contributed by atoms with Gasteiger partial charge >= 0.3 is 0 Å². The van der Waals surface area contributed by atoms with Crippen molar-refractivity contribution in [1.82, 2.24) is 15.1 Å². The second-order valence-corrected chi connectivity index (χ2v) is 5.77. The number of hydrogen-bond donors (Lipinski definition) is 2. The lowest BCUT2D eigenvalue weighted by Crippen LogP contribution is -2.49. The van der Waals surface area contributed by atoms with Gasteiger partial charge in [-0.25, -0.2) is 0 Å². The fourth-order valence-corrected chi connectivity index (χ4v) is 2.61. The highest BCUT2D eigenvalue weighted by molar-refractivity contribution is 5.93. The second-order valence-electron chi connectivity index (χ2n) is 5.77. The van der Waals surface area contributed by atoms with Gasteiger partial charge in [0.15, 0.2) is 0 Å². The minimum atomic E-state index is -0.716. The summed E-state index contributed by atoms with van der Waals surface area (Å²) in [5.74, 6) is -0.720. The Morgan fingerprint density at radius 2 is 2.04 bits per heavy atom. The normalized spacial score (nSPS) is 14.7. The van der Waals surface area contributed by atoms with Crippen LogP contribution in [-0.2, 0) is 11.3 Å². The number of nitrogens with zero attached hydrogens (tertiary/aromatic N) is 3. The summed E-state index contributed by atoms with van der Waals surface area (Å²) >= 11 is 0. The molecule has 0 radical (unpaired) electrons. The largest absolute Gasteiger partial charge is 0.366 e. The van der Waals surface area contributed by atoms with Gasteiger partial charge in [0, 0.05) is 49.9 Å². The lowest BCUT2D eigenvalue weighted by atomic mass is 10.1. The van der Waals surface area contributed by atoms with E-state index in [1.54, 1.807) is 16.8 Å². The first kappa shape index (κ1) is 17.8. The predicted octanol–water partition coefficient (Wildman–Crippen LogP) is -0.443. The summed E-state index contributed by atoms with van der Waals surface area (Å²) in [6.07, 6.45) is 0. The highest BCUT2D eigenvalue weighted by Gasteiger charge is 2.21. The number of nitrogens with one attached hydrogen (secondary N) is 1. The van der Waals surface area contributed by atoms with E-state index in [1.165, 1.54) is 18.2 Å². The van der Waals surface area contributed by atoms with E-state index < -0.39 is 10.8 Å². The van der Waals surface area contributed by atoms with Crippen LogP contribution >= 0.6 is 0 Å². The molecule has 1 aromatic rings. The molecule has 9 nitrogen and oxygen atoms in total. The van der Waals surface area contributed by atoms with Gasteiger partial charge < -0.3 is 16.0 Å². The molecule has 0 aromatic heterocycles. The van der Waals surface area contributed by atoms with Crippen LogP contribution in [0, 0.1) is 10.1 Å². The molecule has 1 saturated heterocycles. The average Bonchev–Trinajstić information content (AvgIpc) is 2.55. The summed E-state index contributed by atoms with van der Waals surface area (Å²) < 4.78 is 0. The minimum absolute atomic E-state index is 0.00425. The molecule has 0 spiro atoms. The third kappa shape index (κ3) is 4.49. The van der Waals surface area contributed by atoms with Crippen molar-refractivity contribution in [2.75, 3.05) is 39.8 Å². The van der Waals surface area contributed by atoms with Crippen LogP contribution in [0.25, 0.3) is 0 Å². The Hall–Kier alpha value is -2.52. The maximum Gasteiger partial charge on any atom is 0.274 e. The van der Waals surface area contributed by atoms with Crippen molar-refractivity contribution in [3.8, 4) is 0 Å². The lowest BCUT2D eigenvalue weighted by Gasteiger charge is -2.29. The second kappa shape index (κ2) is 7.84. The van der Waals surface area contributed by atoms with Gasteiger partial charge in [0.25, 0.3) is 5.69 Å². The van der Waals surface area contributed by atoms with Crippen molar-refractivity contribution < 1.29 is 14.5 Å². The number of primary amides is 1. The molecular weight excluding hydrogens is 314 g/mol. The van der Waals surface area contributed by atoms with Gasteiger partial charge in [-0.05, 0) is 13.1 Å². The molecule has 130 valence electrons. The van der Waals surface area contributed by atoms with Crippen molar-refractivity contribution in [1.29, 1.82) is 0 Å². The van der Waals surface area contributed by atoms with Crippen LogP contribution in [0.1, 0.15) is 15.9 Å². The number of amides is 2. The number of likely N-dealkylation sites (N-methyl/N-ethyl adjacent to an activating group) is 1. The molecular formula is C15H21N5O4. The SMILES string of the molecule is CN(CC(=O)N1CCNCC1)Cc1ccc(C(N)=O)cc1[N+](=O)[O-]. The molecule has 0 atom stereocenters. The van der Waals surface area contributed by atoms with Crippen molar-refractivity contribution in [2.24, 2.45) is 5.73 Å². The molecule has 1 aliphatic heterocycles. The average molecular weight is 335 g/mol. The van der Waals surface area contributed by atoms with E-state index in [9.17, 15) is 19.7 Å². The maximum absolute atomic E-state index is 12.2. The van der Waals surface area contributed by atoms with E-state index >= 15 is 0 Å². The Balaban J connectivity index is 2.05.